The van der Waals surface area contributed by atoms with Gasteiger partial charge < -0.3 is 10.6 Å². The molecule has 2 saturated carbocycles. The van der Waals surface area contributed by atoms with Crippen LogP contribution >= 0.6 is 23.2 Å². The number of nitrogens with two attached hydrogens (primary N) is 1. The fourth-order valence-electron chi connectivity index (χ4n) is 2.26. The van der Waals surface area contributed by atoms with Gasteiger partial charge in [-0.3, -0.25) is 4.79 Å². The van der Waals surface area contributed by atoms with Crippen molar-refractivity contribution in [2.75, 3.05) is 12.3 Å². The van der Waals surface area contributed by atoms with E-state index in [1.165, 1.54) is 12.8 Å². The normalized spacial score (nSPS) is 18.4. The molecule has 5 heteroatoms. The molecule has 1 aromatic carbocycles. The summed E-state index contributed by atoms with van der Waals surface area (Å²) in [5.41, 5.74) is 6.68. The Morgan fingerprint density at radius 1 is 1.26 bits per heavy atom. The quantitative estimate of drug-likeness (QED) is 0.864. The van der Waals surface area contributed by atoms with E-state index in [-0.39, 0.29) is 5.91 Å². The van der Waals surface area contributed by atoms with E-state index in [0.717, 1.165) is 19.4 Å². The number of hydrogen-bond donors (Lipinski definition) is 1. The number of benzene rings is 1. The van der Waals surface area contributed by atoms with Gasteiger partial charge in [-0.15, -0.1) is 0 Å². The lowest BCUT2D eigenvalue weighted by molar-refractivity contribution is 0.0735. The summed E-state index contributed by atoms with van der Waals surface area (Å²) in [5.74, 6) is 0.712. The van der Waals surface area contributed by atoms with Gasteiger partial charge in [0.1, 0.15) is 0 Å². The van der Waals surface area contributed by atoms with Crippen LogP contribution in [-0.2, 0) is 0 Å². The van der Waals surface area contributed by atoms with Gasteiger partial charge in [0.05, 0.1) is 15.7 Å². The summed E-state index contributed by atoms with van der Waals surface area (Å²) in [7, 11) is 0. The van der Waals surface area contributed by atoms with Gasteiger partial charge in [0.2, 0.25) is 0 Å². The van der Waals surface area contributed by atoms with Gasteiger partial charge in [-0.25, -0.2) is 0 Å². The summed E-state index contributed by atoms with van der Waals surface area (Å²) in [4.78, 5) is 14.6. The molecule has 0 atom stereocenters. The van der Waals surface area contributed by atoms with E-state index < -0.39 is 0 Å². The third kappa shape index (κ3) is 2.82. The zero-order valence-electron chi connectivity index (χ0n) is 10.5. The molecule has 0 aliphatic heterocycles. The molecule has 0 unspecified atom stereocenters. The highest BCUT2D eigenvalue weighted by molar-refractivity contribution is 6.43. The number of carbonyl (C=O) groups is 1. The second-order valence-electron chi connectivity index (χ2n) is 5.49. The number of halogens is 2. The molecule has 3 rings (SSSR count). The summed E-state index contributed by atoms with van der Waals surface area (Å²) >= 11 is 11.9. The Morgan fingerprint density at radius 3 is 2.47 bits per heavy atom. The van der Waals surface area contributed by atoms with E-state index in [1.807, 2.05) is 4.90 Å². The number of nitrogen functional groups attached to an aromatic ring is 1. The Balaban J connectivity index is 1.84. The lowest BCUT2D eigenvalue weighted by Crippen LogP contribution is -2.35. The Hall–Kier alpha value is -0.930. The molecule has 102 valence electrons. The van der Waals surface area contributed by atoms with Crippen LogP contribution in [-0.4, -0.2) is 23.4 Å². The molecule has 19 heavy (non-hydrogen) atoms. The third-order valence-electron chi connectivity index (χ3n) is 3.70. The summed E-state index contributed by atoms with van der Waals surface area (Å²) in [5, 5.41) is 0.658. The monoisotopic (exact) mass is 298 g/mol. The fourth-order valence-corrected chi connectivity index (χ4v) is 2.60. The molecule has 2 fully saturated rings. The van der Waals surface area contributed by atoms with Crippen LogP contribution in [0.2, 0.25) is 10.0 Å². The van der Waals surface area contributed by atoms with Crippen molar-refractivity contribution < 1.29 is 4.79 Å². The maximum absolute atomic E-state index is 12.6. The highest BCUT2D eigenvalue weighted by Crippen LogP contribution is 2.36. The molecular weight excluding hydrogens is 283 g/mol. The zero-order valence-corrected chi connectivity index (χ0v) is 12.0. The van der Waals surface area contributed by atoms with E-state index in [2.05, 4.69) is 0 Å². The molecule has 2 aliphatic rings. The number of anilines is 1. The first kappa shape index (κ1) is 13.1. The van der Waals surface area contributed by atoms with Crippen molar-refractivity contribution in [2.24, 2.45) is 5.92 Å². The molecule has 0 saturated heterocycles. The average Bonchev–Trinajstić information content (AvgIpc) is 3.24. The smallest absolute Gasteiger partial charge is 0.254 e. The number of nitrogens with zero attached hydrogens (tertiary/aromatic N) is 1. The maximum atomic E-state index is 12.6. The highest BCUT2D eigenvalue weighted by Gasteiger charge is 2.37. The molecule has 1 aromatic rings. The van der Waals surface area contributed by atoms with Crippen molar-refractivity contribution in [2.45, 2.75) is 31.7 Å². The van der Waals surface area contributed by atoms with Gasteiger partial charge >= 0.3 is 0 Å². The zero-order chi connectivity index (χ0) is 13.6. The van der Waals surface area contributed by atoms with Gasteiger partial charge in [-0.2, -0.15) is 0 Å². The molecule has 2 aliphatic carbocycles. The molecular formula is C14H16Cl2N2O. The fraction of sp³-hybridized carbons (Fsp3) is 0.500. The molecule has 0 spiro atoms. The van der Waals surface area contributed by atoms with Crippen molar-refractivity contribution >= 4 is 34.8 Å². The van der Waals surface area contributed by atoms with Crippen LogP contribution in [0.25, 0.3) is 0 Å². The Bertz CT molecular complexity index is 501. The second-order valence-corrected chi connectivity index (χ2v) is 6.28. The third-order valence-corrected chi connectivity index (χ3v) is 4.52. The lowest BCUT2D eigenvalue weighted by atomic mass is 10.1. The largest absolute Gasteiger partial charge is 0.397 e. The lowest BCUT2D eigenvalue weighted by Gasteiger charge is -2.22. The van der Waals surface area contributed by atoms with Gasteiger partial charge in [0.15, 0.2) is 0 Å². The number of carbonyl (C=O) groups excluding carboxylic acids is 1. The number of rotatable bonds is 4. The molecule has 0 heterocycles. The predicted octanol–water partition coefficient (Wildman–Crippen LogP) is 3.59. The van der Waals surface area contributed by atoms with Gasteiger partial charge in [0, 0.05) is 18.2 Å². The second kappa shape index (κ2) is 4.88. The van der Waals surface area contributed by atoms with Crippen LogP contribution in [0.3, 0.4) is 0 Å². The Morgan fingerprint density at radius 2 is 1.95 bits per heavy atom. The standard InChI is InChI=1S/C14H16Cl2N2O/c15-11-5-9(6-12(17)13(11)16)14(19)18(10-3-4-10)7-8-1-2-8/h5-6,8,10H,1-4,7,17H2. The van der Waals surface area contributed by atoms with Crippen LogP contribution in [0, 0.1) is 5.92 Å². The average molecular weight is 299 g/mol. The minimum absolute atomic E-state index is 0.0275. The summed E-state index contributed by atoms with van der Waals surface area (Å²) in [6, 6.07) is 3.65. The Labute approximate surface area is 122 Å². The molecule has 1 amide bonds. The summed E-state index contributed by atoms with van der Waals surface area (Å²) < 4.78 is 0. The minimum atomic E-state index is 0.0275. The molecule has 0 radical (unpaired) electrons. The topological polar surface area (TPSA) is 46.3 Å². The van der Waals surface area contributed by atoms with Crippen molar-refractivity contribution in [1.82, 2.24) is 4.90 Å². The molecule has 0 bridgehead atoms. The van der Waals surface area contributed by atoms with Gasteiger partial charge in [0.25, 0.3) is 5.91 Å². The molecule has 0 aromatic heterocycles. The van der Waals surface area contributed by atoms with Crippen LogP contribution in [0.15, 0.2) is 12.1 Å². The summed E-state index contributed by atoms with van der Waals surface area (Å²) in [6.45, 7) is 0.865. The van der Waals surface area contributed by atoms with Crippen LogP contribution in [0.4, 0.5) is 5.69 Å². The maximum Gasteiger partial charge on any atom is 0.254 e. The van der Waals surface area contributed by atoms with Crippen molar-refractivity contribution in [3.05, 3.63) is 27.7 Å². The van der Waals surface area contributed by atoms with Crippen molar-refractivity contribution in [3.63, 3.8) is 0 Å². The first-order chi connectivity index (χ1) is 9.06. The van der Waals surface area contributed by atoms with E-state index in [0.29, 0.717) is 33.3 Å². The van der Waals surface area contributed by atoms with E-state index in [9.17, 15) is 4.79 Å². The number of hydrogen-bond acceptors (Lipinski definition) is 2. The minimum Gasteiger partial charge on any atom is -0.397 e. The predicted molar refractivity (Wildman–Crippen MR) is 77.7 cm³/mol. The van der Waals surface area contributed by atoms with Crippen molar-refractivity contribution in [1.29, 1.82) is 0 Å². The van der Waals surface area contributed by atoms with E-state index >= 15 is 0 Å². The summed E-state index contributed by atoms with van der Waals surface area (Å²) in [6.07, 6.45) is 4.69. The molecule has 2 N–H and O–H groups in total. The number of amides is 1. The SMILES string of the molecule is Nc1cc(C(=O)N(CC2CC2)C2CC2)cc(Cl)c1Cl. The first-order valence-electron chi connectivity index (χ1n) is 6.61. The van der Waals surface area contributed by atoms with E-state index in [1.54, 1.807) is 12.1 Å². The van der Waals surface area contributed by atoms with Crippen LogP contribution < -0.4 is 5.73 Å². The van der Waals surface area contributed by atoms with Gasteiger partial charge in [-0.05, 0) is 43.7 Å². The van der Waals surface area contributed by atoms with Crippen molar-refractivity contribution in [3.8, 4) is 0 Å². The Kier molecular flexibility index (Phi) is 3.35. The first-order valence-corrected chi connectivity index (χ1v) is 7.37. The highest BCUT2D eigenvalue weighted by atomic mass is 35.5. The molecule has 3 nitrogen and oxygen atoms in total. The van der Waals surface area contributed by atoms with Gasteiger partial charge in [-0.1, -0.05) is 23.2 Å². The van der Waals surface area contributed by atoms with Crippen LogP contribution in [0.1, 0.15) is 36.0 Å². The van der Waals surface area contributed by atoms with Crippen LogP contribution in [0.5, 0.6) is 0 Å². The van der Waals surface area contributed by atoms with E-state index in [4.69, 9.17) is 28.9 Å².